The molecule has 0 radical (unpaired) electrons. The highest BCUT2D eigenvalue weighted by atomic mass is 16.5. The van der Waals surface area contributed by atoms with Gasteiger partial charge in [-0.2, -0.15) is 0 Å². The van der Waals surface area contributed by atoms with Crippen LogP contribution in [0.3, 0.4) is 0 Å². The van der Waals surface area contributed by atoms with E-state index in [2.05, 4.69) is 5.32 Å². The van der Waals surface area contributed by atoms with Gasteiger partial charge < -0.3 is 14.8 Å². The Labute approximate surface area is 115 Å². The van der Waals surface area contributed by atoms with Crippen molar-refractivity contribution in [2.75, 3.05) is 26.9 Å². The number of hydrogen-bond acceptors (Lipinski definition) is 3. The van der Waals surface area contributed by atoms with Crippen molar-refractivity contribution in [3.63, 3.8) is 0 Å². The van der Waals surface area contributed by atoms with Crippen molar-refractivity contribution in [2.24, 2.45) is 0 Å². The Morgan fingerprint density at radius 1 is 1.26 bits per heavy atom. The summed E-state index contributed by atoms with van der Waals surface area (Å²) in [5.41, 5.74) is 2.62. The van der Waals surface area contributed by atoms with Crippen LogP contribution in [0.5, 0.6) is 5.75 Å². The first-order valence-corrected chi connectivity index (χ1v) is 6.61. The van der Waals surface area contributed by atoms with Gasteiger partial charge in [-0.25, -0.2) is 0 Å². The molecule has 0 aliphatic heterocycles. The van der Waals surface area contributed by atoms with Gasteiger partial charge in [-0.3, -0.25) is 4.79 Å². The van der Waals surface area contributed by atoms with Crippen molar-refractivity contribution in [2.45, 2.75) is 27.2 Å². The second kappa shape index (κ2) is 7.79. The number of rotatable bonds is 7. The predicted octanol–water partition coefficient (Wildman–Crippen LogP) is 2.47. The van der Waals surface area contributed by atoms with Gasteiger partial charge in [0.2, 0.25) is 0 Å². The van der Waals surface area contributed by atoms with Crippen molar-refractivity contribution >= 4 is 5.91 Å². The summed E-state index contributed by atoms with van der Waals surface area (Å²) in [6.07, 6.45) is 0.817. The third-order valence-electron chi connectivity index (χ3n) is 2.88. The van der Waals surface area contributed by atoms with Crippen molar-refractivity contribution in [3.8, 4) is 5.75 Å². The van der Waals surface area contributed by atoms with Crippen LogP contribution < -0.4 is 10.1 Å². The van der Waals surface area contributed by atoms with E-state index < -0.39 is 0 Å². The van der Waals surface area contributed by atoms with E-state index in [0.29, 0.717) is 25.3 Å². The van der Waals surface area contributed by atoms with Crippen LogP contribution in [-0.2, 0) is 4.74 Å². The van der Waals surface area contributed by atoms with Crippen LogP contribution in [0.2, 0.25) is 0 Å². The highest BCUT2D eigenvalue weighted by molar-refractivity contribution is 5.96. The molecule has 0 bridgehead atoms. The molecule has 19 heavy (non-hydrogen) atoms. The highest BCUT2D eigenvalue weighted by Gasteiger charge is 2.11. The molecule has 1 aromatic rings. The van der Waals surface area contributed by atoms with Gasteiger partial charge in [-0.05, 0) is 50.5 Å². The largest absolute Gasteiger partial charge is 0.494 e. The second-order valence-electron chi connectivity index (χ2n) is 4.47. The summed E-state index contributed by atoms with van der Waals surface area (Å²) < 4.78 is 10.5. The lowest BCUT2D eigenvalue weighted by Gasteiger charge is -2.12. The van der Waals surface area contributed by atoms with E-state index in [1.807, 2.05) is 32.9 Å². The fourth-order valence-electron chi connectivity index (χ4n) is 1.86. The molecule has 0 spiro atoms. The fraction of sp³-hybridized carbons (Fsp3) is 0.533. The molecule has 0 unspecified atom stereocenters. The molecule has 0 atom stereocenters. The summed E-state index contributed by atoms with van der Waals surface area (Å²) in [4.78, 5) is 12.1. The normalized spacial score (nSPS) is 10.3. The van der Waals surface area contributed by atoms with Gasteiger partial charge in [-0.1, -0.05) is 0 Å². The third-order valence-corrected chi connectivity index (χ3v) is 2.88. The van der Waals surface area contributed by atoms with Crippen LogP contribution in [0, 0.1) is 13.8 Å². The summed E-state index contributed by atoms with van der Waals surface area (Å²) in [6.45, 7) is 7.73. The molecule has 0 saturated heterocycles. The topological polar surface area (TPSA) is 47.6 Å². The van der Waals surface area contributed by atoms with Crippen LogP contribution in [0.25, 0.3) is 0 Å². The van der Waals surface area contributed by atoms with Gasteiger partial charge in [-0.15, -0.1) is 0 Å². The molecular weight excluding hydrogens is 242 g/mol. The van der Waals surface area contributed by atoms with Crippen molar-refractivity contribution < 1.29 is 14.3 Å². The van der Waals surface area contributed by atoms with Gasteiger partial charge >= 0.3 is 0 Å². The molecule has 0 saturated carbocycles. The van der Waals surface area contributed by atoms with Crippen LogP contribution in [0.1, 0.15) is 34.8 Å². The van der Waals surface area contributed by atoms with Crippen molar-refractivity contribution in [3.05, 3.63) is 28.8 Å². The molecule has 1 aromatic carbocycles. The van der Waals surface area contributed by atoms with Gasteiger partial charge in [0.05, 0.1) is 6.61 Å². The molecule has 0 heterocycles. The van der Waals surface area contributed by atoms with E-state index in [1.165, 1.54) is 0 Å². The van der Waals surface area contributed by atoms with Gasteiger partial charge in [0.25, 0.3) is 5.91 Å². The fourth-order valence-corrected chi connectivity index (χ4v) is 1.86. The zero-order valence-corrected chi connectivity index (χ0v) is 12.2. The maximum Gasteiger partial charge on any atom is 0.251 e. The van der Waals surface area contributed by atoms with Crippen molar-refractivity contribution in [1.29, 1.82) is 0 Å². The van der Waals surface area contributed by atoms with Gasteiger partial charge in [0.15, 0.2) is 0 Å². The second-order valence-corrected chi connectivity index (χ2v) is 4.47. The molecule has 1 rings (SSSR count). The Morgan fingerprint density at radius 2 is 2.00 bits per heavy atom. The number of hydrogen-bond donors (Lipinski definition) is 1. The average Bonchev–Trinajstić information content (AvgIpc) is 2.38. The third kappa shape index (κ3) is 4.56. The number of nitrogens with one attached hydrogen (secondary N) is 1. The number of ether oxygens (including phenoxy) is 2. The zero-order chi connectivity index (χ0) is 14.3. The number of aryl methyl sites for hydroxylation is 2. The average molecular weight is 265 g/mol. The molecule has 1 amide bonds. The highest BCUT2D eigenvalue weighted by Crippen LogP contribution is 2.22. The lowest BCUT2D eigenvalue weighted by Crippen LogP contribution is -2.26. The predicted molar refractivity (Wildman–Crippen MR) is 75.9 cm³/mol. The SMILES string of the molecule is CCOc1cc(C)c(C(=O)NCCCOC)cc1C. The maximum atomic E-state index is 12.1. The van der Waals surface area contributed by atoms with Crippen LogP contribution in [-0.4, -0.2) is 32.8 Å². The first-order valence-electron chi connectivity index (χ1n) is 6.61. The van der Waals surface area contributed by atoms with Crippen LogP contribution >= 0.6 is 0 Å². The molecule has 0 aromatic heterocycles. The quantitative estimate of drug-likeness (QED) is 0.770. The minimum absolute atomic E-state index is 0.0419. The molecule has 106 valence electrons. The molecule has 1 N–H and O–H groups in total. The lowest BCUT2D eigenvalue weighted by atomic mass is 10.0. The Hall–Kier alpha value is -1.55. The molecule has 4 nitrogen and oxygen atoms in total. The standard InChI is InChI=1S/C15H23NO3/c1-5-19-14-10-11(2)13(9-12(14)3)15(17)16-7-6-8-18-4/h9-10H,5-8H2,1-4H3,(H,16,17). The van der Waals surface area contributed by atoms with Crippen LogP contribution in [0.4, 0.5) is 0 Å². The van der Waals surface area contributed by atoms with Crippen LogP contribution in [0.15, 0.2) is 12.1 Å². The lowest BCUT2D eigenvalue weighted by molar-refractivity contribution is 0.0948. The van der Waals surface area contributed by atoms with E-state index >= 15 is 0 Å². The number of benzene rings is 1. The Balaban J connectivity index is 2.72. The number of methoxy groups -OCH3 is 1. The summed E-state index contributed by atoms with van der Waals surface area (Å²) in [7, 11) is 1.65. The zero-order valence-electron chi connectivity index (χ0n) is 12.2. The first-order chi connectivity index (χ1) is 9.10. The van der Waals surface area contributed by atoms with Crippen molar-refractivity contribution in [1.82, 2.24) is 5.32 Å². The maximum absolute atomic E-state index is 12.1. The van der Waals surface area contributed by atoms with E-state index in [4.69, 9.17) is 9.47 Å². The minimum atomic E-state index is -0.0419. The van der Waals surface area contributed by atoms with E-state index in [0.717, 1.165) is 23.3 Å². The van der Waals surface area contributed by atoms with Gasteiger partial charge in [0, 0.05) is 25.8 Å². The minimum Gasteiger partial charge on any atom is -0.494 e. The molecule has 4 heteroatoms. The number of carbonyl (C=O) groups excluding carboxylic acids is 1. The number of carbonyl (C=O) groups is 1. The summed E-state index contributed by atoms with van der Waals surface area (Å²) in [6, 6.07) is 3.80. The monoisotopic (exact) mass is 265 g/mol. The molecule has 0 aliphatic carbocycles. The number of amides is 1. The summed E-state index contributed by atoms with van der Waals surface area (Å²) >= 11 is 0. The van der Waals surface area contributed by atoms with E-state index in [-0.39, 0.29) is 5.91 Å². The van der Waals surface area contributed by atoms with E-state index in [9.17, 15) is 4.79 Å². The molecule has 0 aliphatic rings. The summed E-state index contributed by atoms with van der Waals surface area (Å²) in [5.74, 6) is 0.802. The Bertz CT molecular complexity index is 430. The summed E-state index contributed by atoms with van der Waals surface area (Å²) in [5, 5.41) is 2.89. The smallest absolute Gasteiger partial charge is 0.251 e. The Kier molecular flexibility index (Phi) is 6.36. The molecular formula is C15H23NO3. The van der Waals surface area contributed by atoms with Gasteiger partial charge in [0.1, 0.15) is 5.75 Å². The van der Waals surface area contributed by atoms with E-state index in [1.54, 1.807) is 7.11 Å². The first kappa shape index (κ1) is 15.5. The Morgan fingerprint density at radius 3 is 2.63 bits per heavy atom. The molecule has 0 fully saturated rings.